The molecule has 0 aliphatic heterocycles. The van der Waals surface area contributed by atoms with E-state index in [9.17, 15) is 0 Å². The summed E-state index contributed by atoms with van der Waals surface area (Å²) in [5, 5.41) is 4.42. The average Bonchev–Trinajstić information content (AvgIpc) is 2.63. The molecule has 15 heavy (non-hydrogen) atoms. The van der Waals surface area contributed by atoms with Crippen LogP contribution in [-0.4, -0.2) is 38.5 Å². The molecule has 0 saturated carbocycles. The zero-order chi connectivity index (χ0) is 11.1. The number of hydrogen-bond donors (Lipinski definition) is 1. The van der Waals surface area contributed by atoms with Crippen LogP contribution < -0.4 is 5.32 Å². The zero-order valence-corrected chi connectivity index (χ0v) is 10.3. The number of aromatic nitrogens is 1. The maximum Gasteiger partial charge on any atom is 0.0928 e. The Labute approximate surface area is 94.6 Å². The van der Waals surface area contributed by atoms with Crippen LogP contribution in [0.3, 0.4) is 0 Å². The molecule has 0 aliphatic carbocycles. The van der Waals surface area contributed by atoms with Gasteiger partial charge in [-0.1, -0.05) is 0 Å². The summed E-state index contributed by atoms with van der Waals surface area (Å²) in [7, 11) is 3.38. The Kier molecular flexibility index (Phi) is 5.78. The fourth-order valence-corrected chi connectivity index (χ4v) is 2.00. The molecule has 1 N–H and O–H groups in total. The predicted molar refractivity (Wildman–Crippen MR) is 61.2 cm³/mol. The first-order valence-corrected chi connectivity index (χ1v) is 5.71. The molecule has 86 valence electrons. The molecule has 0 fully saturated rings. The van der Waals surface area contributed by atoms with Gasteiger partial charge >= 0.3 is 0 Å². The monoisotopic (exact) mass is 230 g/mol. The Hall–Kier alpha value is -0.490. The van der Waals surface area contributed by atoms with E-state index < -0.39 is 0 Å². The minimum absolute atomic E-state index is 0.115. The highest BCUT2D eigenvalue weighted by atomic mass is 32.1. The summed E-state index contributed by atoms with van der Waals surface area (Å²) in [6, 6.07) is 0. The van der Waals surface area contributed by atoms with E-state index in [1.165, 1.54) is 4.88 Å². The molecule has 0 saturated heterocycles. The second-order valence-electron chi connectivity index (χ2n) is 3.29. The van der Waals surface area contributed by atoms with Crippen molar-refractivity contribution in [2.24, 2.45) is 0 Å². The lowest BCUT2D eigenvalue weighted by atomic mass is 10.3. The standard InChI is InChI=1S/C10H18N2O2S/c1-8-12-6-10(15-8)5-11-4-9(14-3)7-13-2/h6,9,11H,4-5,7H2,1-3H3. The van der Waals surface area contributed by atoms with Crippen LogP contribution in [0.5, 0.6) is 0 Å². The SMILES string of the molecule is COCC(CNCc1cnc(C)s1)OC. The van der Waals surface area contributed by atoms with Crippen LogP contribution in [0.4, 0.5) is 0 Å². The number of aryl methyl sites for hydroxylation is 1. The molecule has 5 heteroatoms. The third kappa shape index (κ3) is 4.70. The first-order valence-electron chi connectivity index (χ1n) is 4.90. The molecule has 1 aromatic heterocycles. The highest BCUT2D eigenvalue weighted by Gasteiger charge is 2.06. The van der Waals surface area contributed by atoms with Gasteiger partial charge in [-0.2, -0.15) is 0 Å². The maximum absolute atomic E-state index is 5.23. The van der Waals surface area contributed by atoms with Crippen LogP contribution in [-0.2, 0) is 16.0 Å². The van der Waals surface area contributed by atoms with Crippen LogP contribution in [0.2, 0.25) is 0 Å². The summed E-state index contributed by atoms with van der Waals surface area (Å²) < 4.78 is 10.3. The van der Waals surface area contributed by atoms with Gasteiger partial charge in [-0.25, -0.2) is 4.98 Å². The lowest BCUT2D eigenvalue weighted by Crippen LogP contribution is -2.31. The molecule has 1 rings (SSSR count). The molecule has 0 radical (unpaired) electrons. The molecule has 1 heterocycles. The number of methoxy groups -OCH3 is 2. The van der Waals surface area contributed by atoms with E-state index in [1.54, 1.807) is 25.6 Å². The molecule has 0 aliphatic rings. The zero-order valence-electron chi connectivity index (χ0n) is 9.45. The summed E-state index contributed by atoms with van der Waals surface area (Å²) in [6.07, 6.45) is 2.02. The highest BCUT2D eigenvalue weighted by molar-refractivity contribution is 7.11. The molecule has 1 atom stereocenters. The first-order chi connectivity index (χ1) is 7.26. The number of thiazole rings is 1. The highest BCUT2D eigenvalue weighted by Crippen LogP contribution is 2.10. The van der Waals surface area contributed by atoms with Crippen molar-refractivity contribution in [3.63, 3.8) is 0 Å². The van der Waals surface area contributed by atoms with Crippen molar-refractivity contribution in [3.8, 4) is 0 Å². The molecule has 0 spiro atoms. The molecule has 1 aromatic rings. The maximum atomic E-state index is 5.23. The second kappa shape index (κ2) is 6.90. The summed E-state index contributed by atoms with van der Waals surface area (Å²) in [5.41, 5.74) is 0. The Balaban J connectivity index is 2.20. The van der Waals surface area contributed by atoms with E-state index in [0.29, 0.717) is 6.61 Å². The smallest absolute Gasteiger partial charge is 0.0928 e. The van der Waals surface area contributed by atoms with E-state index in [4.69, 9.17) is 9.47 Å². The van der Waals surface area contributed by atoms with Gasteiger partial charge in [-0.05, 0) is 6.92 Å². The van der Waals surface area contributed by atoms with Gasteiger partial charge in [0.15, 0.2) is 0 Å². The number of nitrogens with one attached hydrogen (secondary N) is 1. The van der Waals surface area contributed by atoms with Gasteiger partial charge in [-0.15, -0.1) is 11.3 Å². The van der Waals surface area contributed by atoms with Gasteiger partial charge in [0, 0.05) is 38.4 Å². The van der Waals surface area contributed by atoms with Crippen molar-refractivity contribution < 1.29 is 9.47 Å². The average molecular weight is 230 g/mol. The van der Waals surface area contributed by atoms with E-state index in [-0.39, 0.29) is 6.10 Å². The number of ether oxygens (including phenoxy) is 2. The fraction of sp³-hybridized carbons (Fsp3) is 0.700. The van der Waals surface area contributed by atoms with Crippen molar-refractivity contribution in [1.29, 1.82) is 0 Å². The number of hydrogen-bond acceptors (Lipinski definition) is 5. The van der Waals surface area contributed by atoms with E-state index in [1.807, 2.05) is 13.1 Å². The topological polar surface area (TPSA) is 43.4 Å². The van der Waals surface area contributed by atoms with Gasteiger partial charge in [0.1, 0.15) is 0 Å². The molecule has 1 unspecified atom stereocenters. The predicted octanol–water partition coefficient (Wildman–Crippen LogP) is 1.20. The molecular formula is C10H18N2O2S. The van der Waals surface area contributed by atoms with E-state index in [0.717, 1.165) is 18.1 Å². The minimum Gasteiger partial charge on any atom is -0.382 e. The van der Waals surface area contributed by atoms with Crippen LogP contribution >= 0.6 is 11.3 Å². The Morgan fingerprint density at radius 1 is 1.53 bits per heavy atom. The van der Waals surface area contributed by atoms with Crippen LogP contribution in [0.15, 0.2) is 6.20 Å². The third-order valence-electron chi connectivity index (χ3n) is 2.03. The van der Waals surface area contributed by atoms with Crippen molar-refractivity contribution in [1.82, 2.24) is 10.3 Å². The summed E-state index contributed by atoms with van der Waals surface area (Å²) in [5.74, 6) is 0. The van der Waals surface area contributed by atoms with Gasteiger partial charge in [0.25, 0.3) is 0 Å². The van der Waals surface area contributed by atoms with Crippen molar-refractivity contribution in [2.75, 3.05) is 27.4 Å². The Bertz CT molecular complexity index is 278. The summed E-state index contributed by atoms with van der Waals surface area (Å²) >= 11 is 1.71. The van der Waals surface area contributed by atoms with Crippen molar-refractivity contribution in [3.05, 3.63) is 16.1 Å². The second-order valence-corrected chi connectivity index (χ2v) is 4.61. The minimum atomic E-state index is 0.115. The molecule has 4 nitrogen and oxygen atoms in total. The van der Waals surface area contributed by atoms with Crippen LogP contribution in [0.25, 0.3) is 0 Å². The van der Waals surface area contributed by atoms with Crippen molar-refractivity contribution >= 4 is 11.3 Å². The van der Waals surface area contributed by atoms with E-state index in [2.05, 4.69) is 10.3 Å². The number of nitrogens with zero attached hydrogens (tertiary/aromatic N) is 1. The molecule has 0 amide bonds. The van der Waals surface area contributed by atoms with Crippen LogP contribution in [0.1, 0.15) is 9.88 Å². The van der Waals surface area contributed by atoms with Gasteiger partial charge in [0.2, 0.25) is 0 Å². The molecule has 0 aromatic carbocycles. The number of rotatable bonds is 7. The van der Waals surface area contributed by atoms with E-state index >= 15 is 0 Å². The lowest BCUT2D eigenvalue weighted by Gasteiger charge is -2.14. The fourth-order valence-electron chi connectivity index (χ4n) is 1.24. The van der Waals surface area contributed by atoms with Gasteiger partial charge < -0.3 is 14.8 Å². The Morgan fingerprint density at radius 3 is 2.87 bits per heavy atom. The van der Waals surface area contributed by atoms with Crippen LogP contribution in [0, 0.1) is 6.92 Å². The quantitative estimate of drug-likeness (QED) is 0.764. The summed E-state index contributed by atoms with van der Waals surface area (Å²) in [4.78, 5) is 5.44. The molecule has 0 bridgehead atoms. The third-order valence-corrected chi connectivity index (χ3v) is 2.94. The lowest BCUT2D eigenvalue weighted by molar-refractivity contribution is 0.0288. The van der Waals surface area contributed by atoms with Crippen molar-refractivity contribution in [2.45, 2.75) is 19.6 Å². The van der Waals surface area contributed by atoms with Gasteiger partial charge in [-0.3, -0.25) is 0 Å². The largest absolute Gasteiger partial charge is 0.382 e. The Morgan fingerprint density at radius 2 is 2.33 bits per heavy atom. The summed E-state index contributed by atoms with van der Waals surface area (Å²) in [6.45, 7) is 4.26. The normalized spacial score (nSPS) is 13.0. The molecular weight excluding hydrogens is 212 g/mol. The first kappa shape index (κ1) is 12.6. The van der Waals surface area contributed by atoms with Gasteiger partial charge in [0.05, 0.1) is 17.7 Å².